The molecule has 0 aromatic carbocycles. The first-order valence-electron chi connectivity index (χ1n) is 5.10. The average molecular weight is 250 g/mol. The molecule has 0 saturated carbocycles. The highest BCUT2D eigenvalue weighted by atomic mass is 19.1. The van der Waals surface area contributed by atoms with Crippen molar-refractivity contribution in [3.63, 3.8) is 0 Å². The fourth-order valence-electron chi connectivity index (χ4n) is 1.35. The van der Waals surface area contributed by atoms with Crippen molar-refractivity contribution in [2.45, 2.75) is 6.54 Å². The number of anilines is 1. The Morgan fingerprint density at radius 2 is 2.39 bits per heavy atom. The van der Waals surface area contributed by atoms with Crippen molar-refractivity contribution in [3.8, 4) is 0 Å². The molecular formula is C10H11FN6O. The molecule has 2 rings (SSSR count). The van der Waals surface area contributed by atoms with Crippen LogP contribution in [0.2, 0.25) is 0 Å². The van der Waals surface area contributed by atoms with Gasteiger partial charge in [-0.1, -0.05) is 0 Å². The number of nitrogen functional groups attached to an aromatic ring is 1. The van der Waals surface area contributed by atoms with E-state index in [2.05, 4.69) is 20.5 Å². The van der Waals surface area contributed by atoms with Gasteiger partial charge in [0.1, 0.15) is 18.0 Å². The molecule has 94 valence electrons. The lowest BCUT2D eigenvalue weighted by Crippen LogP contribution is -2.25. The SMILES string of the molecule is Cn1cnnc1CNC(=O)c1cc(F)cnc1N. The zero-order valence-electron chi connectivity index (χ0n) is 9.59. The number of nitrogens with two attached hydrogens (primary N) is 1. The van der Waals surface area contributed by atoms with Gasteiger partial charge in [0.25, 0.3) is 5.91 Å². The minimum atomic E-state index is -0.618. The number of rotatable bonds is 3. The summed E-state index contributed by atoms with van der Waals surface area (Å²) in [6.07, 6.45) is 2.47. The Labute approximate surface area is 102 Å². The van der Waals surface area contributed by atoms with E-state index < -0.39 is 11.7 Å². The Morgan fingerprint density at radius 3 is 3.06 bits per heavy atom. The highest BCUT2D eigenvalue weighted by Gasteiger charge is 2.12. The molecule has 0 aliphatic rings. The first-order valence-corrected chi connectivity index (χ1v) is 5.10. The number of nitrogens with zero attached hydrogens (tertiary/aromatic N) is 4. The van der Waals surface area contributed by atoms with Crippen LogP contribution in [0, 0.1) is 5.82 Å². The van der Waals surface area contributed by atoms with Gasteiger partial charge in [0.05, 0.1) is 18.3 Å². The summed E-state index contributed by atoms with van der Waals surface area (Å²) in [6.45, 7) is 0.172. The summed E-state index contributed by atoms with van der Waals surface area (Å²) < 4.78 is 14.6. The smallest absolute Gasteiger partial charge is 0.255 e. The number of hydrogen-bond acceptors (Lipinski definition) is 5. The normalized spacial score (nSPS) is 10.3. The van der Waals surface area contributed by atoms with Crippen molar-refractivity contribution in [1.82, 2.24) is 25.1 Å². The third kappa shape index (κ3) is 2.42. The van der Waals surface area contributed by atoms with Crippen LogP contribution in [-0.4, -0.2) is 25.7 Å². The largest absolute Gasteiger partial charge is 0.383 e. The van der Waals surface area contributed by atoms with Crippen LogP contribution in [0.3, 0.4) is 0 Å². The molecule has 0 aliphatic carbocycles. The zero-order chi connectivity index (χ0) is 13.1. The molecule has 0 bridgehead atoms. The summed E-state index contributed by atoms with van der Waals surface area (Å²) in [4.78, 5) is 15.3. The van der Waals surface area contributed by atoms with E-state index in [-0.39, 0.29) is 17.9 Å². The van der Waals surface area contributed by atoms with Crippen LogP contribution in [0.15, 0.2) is 18.6 Å². The van der Waals surface area contributed by atoms with Crippen molar-refractivity contribution in [2.24, 2.45) is 7.05 Å². The van der Waals surface area contributed by atoms with Gasteiger partial charge in [-0.05, 0) is 6.07 Å². The highest BCUT2D eigenvalue weighted by molar-refractivity contribution is 5.98. The minimum absolute atomic E-state index is 0.00262. The Kier molecular flexibility index (Phi) is 3.18. The monoisotopic (exact) mass is 250 g/mol. The molecule has 18 heavy (non-hydrogen) atoms. The second-order valence-electron chi connectivity index (χ2n) is 3.63. The molecule has 2 aromatic rings. The molecule has 0 atom stereocenters. The summed E-state index contributed by atoms with van der Waals surface area (Å²) in [5.41, 5.74) is 5.49. The summed E-state index contributed by atoms with van der Waals surface area (Å²) in [5.74, 6) is -0.575. The molecule has 8 heteroatoms. The zero-order valence-corrected chi connectivity index (χ0v) is 9.59. The van der Waals surface area contributed by atoms with Crippen LogP contribution in [0.25, 0.3) is 0 Å². The number of carbonyl (C=O) groups excluding carboxylic acids is 1. The molecule has 2 aromatic heterocycles. The predicted molar refractivity (Wildman–Crippen MR) is 60.8 cm³/mol. The van der Waals surface area contributed by atoms with E-state index in [1.165, 1.54) is 6.33 Å². The second-order valence-corrected chi connectivity index (χ2v) is 3.63. The van der Waals surface area contributed by atoms with Crippen molar-refractivity contribution >= 4 is 11.7 Å². The number of pyridine rings is 1. The molecule has 0 saturated heterocycles. The number of aromatic nitrogens is 4. The van der Waals surface area contributed by atoms with Crippen LogP contribution in [0.1, 0.15) is 16.2 Å². The van der Waals surface area contributed by atoms with Gasteiger partial charge >= 0.3 is 0 Å². The van der Waals surface area contributed by atoms with E-state index in [0.717, 1.165) is 12.3 Å². The second kappa shape index (κ2) is 4.78. The molecule has 0 spiro atoms. The van der Waals surface area contributed by atoms with Gasteiger partial charge in [0, 0.05) is 7.05 Å². The van der Waals surface area contributed by atoms with E-state index in [4.69, 9.17) is 5.73 Å². The molecule has 3 N–H and O–H groups in total. The fraction of sp³-hybridized carbons (Fsp3) is 0.200. The van der Waals surface area contributed by atoms with Crippen LogP contribution < -0.4 is 11.1 Å². The Hall–Kier alpha value is -2.51. The molecular weight excluding hydrogens is 239 g/mol. The number of nitrogens with one attached hydrogen (secondary N) is 1. The summed E-state index contributed by atoms with van der Waals surface area (Å²) in [6, 6.07) is 1.04. The third-order valence-electron chi connectivity index (χ3n) is 2.34. The summed E-state index contributed by atoms with van der Waals surface area (Å²) in [7, 11) is 1.75. The third-order valence-corrected chi connectivity index (χ3v) is 2.34. The number of carbonyl (C=O) groups is 1. The molecule has 7 nitrogen and oxygen atoms in total. The standard InChI is InChI=1S/C10H11FN6O/c1-17-5-15-16-8(17)4-14-10(18)7-2-6(11)3-13-9(7)12/h2-3,5H,4H2,1H3,(H2,12,13)(H,14,18). The Morgan fingerprint density at radius 1 is 1.61 bits per heavy atom. The quantitative estimate of drug-likeness (QED) is 0.790. The van der Waals surface area contributed by atoms with E-state index in [1.807, 2.05) is 0 Å². The first kappa shape index (κ1) is 12.0. The van der Waals surface area contributed by atoms with Gasteiger partial charge in [-0.15, -0.1) is 10.2 Å². The maximum Gasteiger partial charge on any atom is 0.255 e. The van der Waals surface area contributed by atoms with E-state index in [1.54, 1.807) is 11.6 Å². The van der Waals surface area contributed by atoms with Crippen molar-refractivity contribution in [1.29, 1.82) is 0 Å². The van der Waals surface area contributed by atoms with Gasteiger partial charge in [-0.2, -0.15) is 0 Å². The maximum absolute atomic E-state index is 13.0. The van der Waals surface area contributed by atoms with Gasteiger partial charge in [0.2, 0.25) is 0 Å². The van der Waals surface area contributed by atoms with Gasteiger partial charge in [-0.25, -0.2) is 9.37 Å². The van der Waals surface area contributed by atoms with Crippen LogP contribution >= 0.6 is 0 Å². The highest BCUT2D eigenvalue weighted by Crippen LogP contribution is 2.09. The molecule has 2 heterocycles. The average Bonchev–Trinajstić information content (AvgIpc) is 2.75. The maximum atomic E-state index is 13.0. The van der Waals surface area contributed by atoms with Crippen LogP contribution in [0.4, 0.5) is 10.2 Å². The molecule has 0 radical (unpaired) electrons. The van der Waals surface area contributed by atoms with E-state index >= 15 is 0 Å². The predicted octanol–water partition coefficient (Wildman–Crippen LogP) is -0.139. The number of amides is 1. The van der Waals surface area contributed by atoms with E-state index in [0.29, 0.717) is 5.82 Å². The van der Waals surface area contributed by atoms with Gasteiger partial charge < -0.3 is 15.6 Å². The van der Waals surface area contributed by atoms with Crippen molar-refractivity contribution in [3.05, 3.63) is 35.8 Å². The summed E-state index contributed by atoms with van der Waals surface area (Å²) in [5, 5.41) is 10.0. The lowest BCUT2D eigenvalue weighted by molar-refractivity contribution is 0.0949. The number of hydrogen-bond donors (Lipinski definition) is 2. The van der Waals surface area contributed by atoms with Crippen molar-refractivity contribution in [2.75, 3.05) is 5.73 Å². The number of halogens is 1. The Bertz CT molecular complexity index is 581. The molecule has 1 amide bonds. The lowest BCUT2D eigenvalue weighted by Gasteiger charge is -2.06. The topological polar surface area (TPSA) is 98.7 Å². The summed E-state index contributed by atoms with van der Waals surface area (Å²) >= 11 is 0. The lowest BCUT2D eigenvalue weighted by atomic mass is 10.2. The van der Waals surface area contributed by atoms with Crippen molar-refractivity contribution < 1.29 is 9.18 Å². The van der Waals surface area contributed by atoms with Crippen LogP contribution in [-0.2, 0) is 13.6 Å². The molecule has 0 aliphatic heterocycles. The number of aryl methyl sites for hydroxylation is 1. The van der Waals surface area contributed by atoms with Crippen LogP contribution in [0.5, 0.6) is 0 Å². The molecule has 0 unspecified atom stereocenters. The first-order chi connectivity index (χ1) is 8.58. The van der Waals surface area contributed by atoms with E-state index in [9.17, 15) is 9.18 Å². The minimum Gasteiger partial charge on any atom is -0.383 e. The van der Waals surface area contributed by atoms with Gasteiger partial charge in [0.15, 0.2) is 5.82 Å². The molecule has 0 fully saturated rings. The fourth-order valence-corrected chi connectivity index (χ4v) is 1.35. The Balaban J connectivity index is 2.08. The van der Waals surface area contributed by atoms with Gasteiger partial charge in [-0.3, -0.25) is 4.79 Å².